The summed E-state index contributed by atoms with van der Waals surface area (Å²) in [7, 11) is -0.533. The fourth-order valence-electron chi connectivity index (χ4n) is 2.72. The van der Waals surface area contributed by atoms with Gasteiger partial charge in [-0.1, -0.05) is 54.6 Å². The van der Waals surface area contributed by atoms with E-state index in [1.165, 1.54) is 0 Å². The Morgan fingerprint density at radius 2 is 1.46 bits per heavy atom. The van der Waals surface area contributed by atoms with E-state index in [4.69, 9.17) is 9.31 Å². The van der Waals surface area contributed by atoms with E-state index in [9.17, 15) is 0 Å². The van der Waals surface area contributed by atoms with E-state index in [1.54, 1.807) is 0 Å². The lowest BCUT2D eigenvalue weighted by atomic mass is 9.78. The molecule has 0 amide bonds. The Kier molecular flexibility index (Phi) is 3.79. The summed E-state index contributed by atoms with van der Waals surface area (Å²) in [6, 6.07) is 23.7. The average Bonchev–Trinajstić information content (AvgIpc) is 2.70. The second-order valence-electron chi connectivity index (χ2n) is 5.70. The number of nitrogens with zero attached hydrogens (tertiary/aromatic N) is 1. The van der Waals surface area contributed by atoms with Crippen molar-refractivity contribution in [2.45, 2.75) is 6.92 Å². The average molecular weight is 313 g/mol. The minimum Gasteiger partial charge on any atom is -0.521 e. The first-order valence-corrected chi connectivity index (χ1v) is 7.92. The third kappa shape index (κ3) is 2.79. The van der Waals surface area contributed by atoms with Crippen LogP contribution in [0.5, 0.6) is 11.5 Å². The summed E-state index contributed by atoms with van der Waals surface area (Å²) in [4.78, 5) is 4.65. The van der Waals surface area contributed by atoms with Crippen molar-refractivity contribution >= 4 is 24.5 Å². The number of hydrogen-bond acceptors (Lipinski definition) is 3. The van der Waals surface area contributed by atoms with Crippen LogP contribution < -0.4 is 14.8 Å². The number of fused-ring (bicyclic) bond motifs is 2. The Morgan fingerprint density at radius 3 is 2.33 bits per heavy atom. The number of hydrogen-bond donors (Lipinski definition) is 0. The molecule has 4 rings (SSSR count). The molecule has 0 aromatic heterocycles. The highest BCUT2D eigenvalue weighted by atomic mass is 16.6. The molecule has 116 valence electrons. The van der Waals surface area contributed by atoms with Gasteiger partial charge in [0.15, 0.2) is 0 Å². The van der Waals surface area contributed by atoms with Gasteiger partial charge in [-0.2, -0.15) is 0 Å². The van der Waals surface area contributed by atoms with Crippen molar-refractivity contribution in [2.75, 3.05) is 0 Å². The minimum atomic E-state index is -0.533. The predicted octanol–water partition coefficient (Wildman–Crippen LogP) is 3.91. The lowest BCUT2D eigenvalue weighted by Gasteiger charge is -2.18. The first kappa shape index (κ1) is 14.6. The molecule has 3 nitrogen and oxygen atoms in total. The molecule has 0 N–H and O–H groups in total. The van der Waals surface area contributed by atoms with Crippen molar-refractivity contribution in [3.05, 3.63) is 83.9 Å². The summed E-state index contributed by atoms with van der Waals surface area (Å²) in [6.45, 7) is 2.03. The van der Waals surface area contributed by atoms with Crippen molar-refractivity contribution in [1.29, 1.82) is 0 Å². The fourth-order valence-corrected chi connectivity index (χ4v) is 2.72. The first-order chi connectivity index (χ1) is 11.8. The van der Waals surface area contributed by atoms with E-state index in [0.717, 1.165) is 28.0 Å². The monoisotopic (exact) mass is 313 g/mol. The fraction of sp³-hybridized carbons (Fsp3) is 0.0500. The summed E-state index contributed by atoms with van der Waals surface area (Å²) in [5.41, 5.74) is 3.79. The molecule has 0 aliphatic carbocycles. The Labute approximate surface area is 141 Å². The normalized spacial score (nSPS) is 12.8. The van der Waals surface area contributed by atoms with Gasteiger partial charge in [-0.15, -0.1) is 0 Å². The van der Waals surface area contributed by atoms with Crippen LogP contribution in [-0.4, -0.2) is 13.3 Å². The van der Waals surface area contributed by atoms with Gasteiger partial charge in [0, 0.05) is 17.2 Å². The summed E-state index contributed by atoms with van der Waals surface area (Å²) in [6.07, 6.45) is 1.83. The van der Waals surface area contributed by atoms with Crippen LogP contribution in [0.2, 0.25) is 0 Å². The molecular weight excluding hydrogens is 297 g/mol. The van der Waals surface area contributed by atoms with Crippen LogP contribution in [0.25, 0.3) is 0 Å². The molecular formula is C20H16BNO2. The van der Waals surface area contributed by atoms with Crippen molar-refractivity contribution in [1.82, 2.24) is 0 Å². The molecule has 1 heterocycles. The molecule has 3 aromatic rings. The van der Waals surface area contributed by atoms with Gasteiger partial charge < -0.3 is 9.31 Å². The highest BCUT2D eigenvalue weighted by Crippen LogP contribution is 2.33. The number of aliphatic imine (C=N–C) groups is 1. The zero-order valence-electron chi connectivity index (χ0n) is 13.3. The van der Waals surface area contributed by atoms with Gasteiger partial charge in [0.2, 0.25) is 0 Å². The topological polar surface area (TPSA) is 30.8 Å². The molecule has 3 aromatic carbocycles. The van der Waals surface area contributed by atoms with Crippen LogP contribution in [0.15, 0.2) is 77.8 Å². The Morgan fingerprint density at radius 1 is 0.750 bits per heavy atom. The van der Waals surface area contributed by atoms with E-state index in [-0.39, 0.29) is 0 Å². The second-order valence-corrected chi connectivity index (χ2v) is 5.70. The first-order valence-electron chi connectivity index (χ1n) is 7.92. The quantitative estimate of drug-likeness (QED) is 0.638. The van der Waals surface area contributed by atoms with Gasteiger partial charge in [-0.25, -0.2) is 0 Å². The summed E-state index contributed by atoms with van der Waals surface area (Å²) >= 11 is 0. The lowest BCUT2D eigenvalue weighted by Crippen LogP contribution is -2.42. The summed E-state index contributed by atoms with van der Waals surface area (Å²) < 4.78 is 12.4. The van der Waals surface area contributed by atoms with Crippen LogP contribution in [0.4, 0.5) is 5.69 Å². The van der Waals surface area contributed by atoms with Crippen LogP contribution in [0, 0.1) is 6.92 Å². The number of aryl methyl sites for hydroxylation is 1. The van der Waals surface area contributed by atoms with Crippen molar-refractivity contribution in [3.63, 3.8) is 0 Å². The molecule has 0 bridgehead atoms. The SMILES string of the molecule is Cc1cccc2c1N=Cc1ccccc1OB(c1ccccc1)O2. The van der Waals surface area contributed by atoms with Gasteiger partial charge in [0.1, 0.15) is 17.2 Å². The smallest absolute Gasteiger partial charge is 0.521 e. The van der Waals surface area contributed by atoms with E-state index >= 15 is 0 Å². The zero-order chi connectivity index (χ0) is 16.4. The third-order valence-corrected chi connectivity index (χ3v) is 3.99. The van der Waals surface area contributed by atoms with E-state index in [1.807, 2.05) is 85.9 Å². The molecule has 0 radical (unpaired) electrons. The van der Waals surface area contributed by atoms with Gasteiger partial charge in [-0.05, 0) is 30.7 Å². The van der Waals surface area contributed by atoms with Crippen LogP contribution in [-0.2, 0) is 0 Å². The molecule has 0 saturated carbocycles. The lowest BCUT2D eigenvalue weighted by molar-refractivity contribution is 0.440. The maximum Gasteiger partial charge on any atom is 0.632 e. The largest absolute Gasteiger partial charge is 0.632 e. The molecule has 0 atom stereocenters. The molecule has 24 heavy (non-hydrogen) atoms. The second kappa shape index (κ2) is 6.24. The van der Waals surface area contributed by atoms with Gasteiger partial charge in [-0.3, -0.25) is 4.99 Å². The molecule has 4 heteroatoms. The van der Waals surface area contributed by atoms with Crippen LogP contribution in [0.3, 0.4) is 0 Å². The van der Waals surface area contributed by atoms with Crippen LogP contribution in [0.1, 0.15) is 11.1 Å². The molecule has 0 saturated heterocycles. The molecule has 0 spiro atoms. The maximum absolute atomic E-state index is 6.20. The summed E-state index contributed by atoms with van der Waals surface area (Å²) in [5.74, 6) is 1.47. The van der Waals surface area contributed by atoms with Crippen molar-refractivity contribution < 1.29 is 9.31 Å². The van der Waals surface area contributed by atoms with Crippen molar-refractivity contribution in [2.24, 2.45) is 4.99 Å². The predicted molar refractivity (Wildman–Crippen MR) is 98.0 cm³/mol. The van der Waals surface area contributed by atoms with Crippen molar-refractivity contribution in [3.8, 4) is 11.5 Å². The maximum atomic E-state index is 6.20. The Bertz CT molecular complexity index is 893. The molecule has 1 aliphatic rings. The molecule has 0 unspecified atom stereocenters. The van der Waals surface area contributed by atoms with Gasteiger partial charge in [0.05, 0.1) is 0 Å². The number of para-hydroxylation sites is 2. The standard InChI is InChI=1S/C20H16BNO2/c1-15-8-7-13-19-20(15)22-14-16-9-5-6-12-18(16)23-21(24-19)17-10-3-2-4-11-17/h2-14H,1H3. The Hall–Kier alpha value is -3.01. The molecule has 0 fully saturated rings. The van der Waals surface area contributed by atoms with E-state index < -0.39 is 7.12 Å². The Balaban J connectivity index is 1.87. The van der Waals surface area contributed by atoms with Crippen LogP contribution >= 0.6 is 0 Å². The number of benzene rings is 3. The highest BCUT2D eigenvalue weighted by molar-refractivity contribution is 6.62. The number of rotatable bonds is 1. The third-order valence-electron chi connectivity index (χ3n) is 3.99. The van der Waals surface area contributed by atoms with E-state index in [2.05, 4.69) is 4.99 Å². The van der Waals surface area contributed by atoms with Gasteiger partial charge >= 0.3 is 7.12 Å². The van der Waals surface area contributed by atoms with E-state index in [0.29, 0.717) is 5.75 Å². The van der Waals surface area contributed by atoms with Gasteiger partial charge in [0.25, 0.3) is 0 Å². The minimum absolute atomic E-state index is 0.533. The highest BCUT2D eigenvalue weighted by Gasteiger charge is 2.28. The zero-order valence-corrected chi connectivity index (χ0v) is 13.3. The molecule has 1 aliphatic heterocycles. The summed E-state index contributed by atoms with van der Waals surface area (Å²) in [5, 5.41) is 0.